The van der Waals surface area contributed by atoms with E-state index in [0.29, 0.717) is 11.6 Å². The molecule has 1 aromatic rings. The van der Waals surface area contributed by atoms with E-state index in [9.17, 15) is 0 Å². The molecule has 1 aromatic heterocycles. The normalized spacial score (nSPS) is 20.5. The molecule has 0 bridgehead atoms. The smallest absolute Gasteiger partial charge is 0.225 e. The second kappa shape index (κ2) is 5.80. The number of anilines is 1. The molecule has 1 fully saturated rings. The summed E-state index contributed by atoms with van der Waals surface area (Å²) in [4.78, 5) is 10.9. The van der Waals surface area contributed by atoms with Crippen molar-refractivity contribution in [3.05, 3.63) is 18.0 Å². The Balaban J connectivity index is 2.11. The molecular weight excluding hydrogens is 226 g/mol. The summed E-state index contributed by atoms with van der Waals surface area (Å²) in [5, 5.41) is 7.42. The predicted molar refractivity (Wildman–Crippen MR) is 72.9 cm³/mol. The minimum absolute atomic E-state index is 0.0000864. The number of amidine groups is 1. The zero-order chi connectivity index (χ0) is 13.0. The molecule has 2 heterocycles. The molecule has 18 heavy (non-hydrogen) atoms. The molecule has 1 unspecified atom stereocenters. The molecule has 98 valence electrons. The molecule has 1 atom stereocenters. The number of aromatic nitrogens is 2. The highest BCUT2D eigenvalue weighted by Crippen LogP contribution is 2.22. The van der Waals surface area contributed by atoms with Gasteiger partial charge in [0.1, 0.15) is 11.5 Å². The molecular formula is C13H21N5. The first kappa shape index (κ1) is 12.8. The van der Waals surface area contributed by atoms with Gasteiger partial charge in [-0.15, -0.1) is 0 Å². The minimum Gasteiger partial charge on any atom is -0.382 e. The second-order valence-electron chi connectivity index (χ2n) is 4.85. The average molecular weight is 247 g/mol. The van der Waals surface area contributed by atoms with E-state index >= 15 is 0 Å². The van der Waals surface area contributed by atoms with Crippen LogP contribution in [0.5, 0.6) is 0 Å². The number of hydrogen-bond donors (Lipinski definition) is 2. The molecule has 0 saturated carbocycles. The Morgan fingerprint density at radius 2 is 2.33 bits per heavy atom. The van der Waals surface area contributed by atoms with Crippen LogP contribution in [0.3, 0.4) is 0 Å². The van der Waals surface area contributed by atoms with Gasteiger partial charge in [0, 0.05) is 19.3 Å². The lowest BCUT2D eigenvalue weighted by Gasteiger charge is -2.20. The van der Waals surface area contributed by atoms with Crippen molar-refractivity contribution >= 4 is 11.8 Å². The summed E-state index contributed by atoms with van der Waals surface area (Å²) in [6.07, 6.45) is 6.61. The number of hydrogen-bond acceptors (Lipinski definition) is 4. The van der Waals surface area contributed by atoms with Crippen molar-refractivity contribution in [3.8, 4) is 0 Å². The van der Waals surface area contributed by atoms with Crippen LogP contribution >= 0.6 is 0 Å². The second-order valence-corrected chi connectivity index (χ2v) is 4.85. The number of nitrogen functional groups attached to an aromatic ring is 1. The van der Waals surface area contributed by atoms with Crippen LogP contribution in [-0.4, -0.2) is 28.9 Å². The molecule has 0 amide bonds. The Labute approximate surface area is 108 Å². The summed E-state index contributed by atoms with van der Waals surface area (Å²) in [6, 6.07) is 1.68. The highest BCUT2D eigenvalue weighted by atomic mass is 15.2. The van der Waals surface area contributed by atoms with Crippen LogP contribution in [0, 0.1) is 11.3 Å². The lowest BCUT2D eigenvalue weighted by atomic mass is 9.98. The van der Waals surface area contributed by atoms with Crippen molar-refractivity contribution < 1.29 is 0 Å². The van der Waals surface area contributed by atoms with Crippen LogP contribution in [0.2, 0.25) is 0 Å². The third-order valence-corrected chi connectivity index (χ3v) is 3.63. The molecule has 5 heteroatoms. The van der Waals surface area contributed by atoms with E-state index in [1.165, 1.54) is 25.7 Å². The van der Waals surface area contributed by atoms with Crippen molar-refractivity contribution in [1.29, 1.82) is 5.41 Å². The standard InChI is InChI=1S/C13H21N5/c1-2-10-4-3-8-18(9-6-10)13-16-7-5-11(17-13)12(14)15/h5,7,10H,2-4,6,8-9H2,1H3,(H3,14,15). The van der Waals surface area contributed by atoms with Crippen LogP contribution in [-0.2, 0) is 0 Å². The van der Waals surface area contributed by atoms with E-state index in [4.69, 9.17) is 11.1 Å². The summed E-state index contributed by atoms with van der Waals surface area (Å²) in [7, 11) is 0. The predicted octanol–water partition coefficient (Wildman–Crippen LogP) is 1.78. The SMILES string of the molecule is CCC1CCCN(c2nccc(C(=N)N)n2)CC1. The zero-order valence-corrected chi connectivity index (χ0v) is 10.9. The maximum Gasteiger partial charge on any atom is 0.225 e. The lowest BCUT2D eigenvalue weighted by molar-refractivity contribution is 0.459. The monoisotopic (exact) mass is 247 g/mol. The van der Waals surface area contributed by atoms with Crippen LogP contribution in [0.1, 0.15) is 38.3 Å². The van der Waals surface area contributed by atoms with Gasteiger partial charge in [0.15, 0.2) is 0 Å². The number of nitrogens with zero attached hydrogens (tertiary/aromatic N) is 3. The first-order chi connectivity index (χ1) is 8.70. The quantitative estimate of drug-likeness (QED) is 0.630. The number of rotatable bonds is 3. The molecule has 0 spiro atoms. The van der Waals surface area contributed by atoms with Gasteiger partial charge in [-0.3, -0.25) is 5.41 Å². The molecule has 0 aromatic carbocycles. The summed E-state index contributed by atoms with van der Waals surface area (Å²) < 4.78 is 0. The van der Waals surface area contributed by atoms with E-state index in [1.54, 1.807) is 12.3 Å². The molecule has 1 saturated heterocycles. The lowest BCUT2D eigenvalue weighted by Crippen LogP contribution is -2.27. The van der Waals surface area contributed by atoms with Crippen LogP contribution < -0.4 is 10.6 Å². The average Bonchev–Trinajstić information content (AvgIpc) is 2.64. The van der Waals surface area contributed by atoms with Crippen molar-refractivity contribution in [2.24, 2.45) is 11.7 Å². The fraction of sp³-hybridized carbons (Fsp3) is 0.615. The molecule has 0 radical (unpaired) electrons. The van der Waals surface area contributed by atoms with Crippen molar-refractivity contribution in [3.63, 3.8) is 0 Å². The molecule has 5 nitrogen and oxygen atoms in total. The Kier molecular flexibility index (Phi) is 4.12. The third kappa shape index (κ3) is 2.97. The largest absolute Gasteiger partial charge is 0.382 e. The van der Waals surface area contributed by atoms with E-state index in [-0.39, 0.29) is 5.84 Å². The first-order valence-electron chi connectivity index (χ1n) is 6.63. The summed E-state index contributed by atoms with van der Waals surface area (Å²) >= 11 is 0. The maximum absolute atomic E-state index is 7.42. The molecule has 1 aliphatic rings. The first-order valence-corrected chi connectivity index (χ1v) is 6.63. The van der Waals surface area contributed by atoms with Gasteiger partial charge in [-0.05, 0) is 31.2 Å². The van der Waals surface area contributed by atoms with Gasteiger partial charge in [0.05, 0.1) is 0 Å². The minimum atomic E-state index is -0.0000864. The number of nitrogens with two attached hydrogens (primary N) is 1. The van der Waals surface area contributed by atoms with Crippen LogP contribution in [0.25, 0.3) is 0 Å². The Morgan fingerprint density at radius 3 is 3.06 bits per heavy atom. The highest BCUT2D eigenvalue weighted by Gasteiger charge is 2.17. The Hall–Kier alpha value is -1.65. The van der Waals surface area contributed by atoms with Crippen LogP contribution in [0.4, 0.5) is 5.95 Å². The topological polar surface area (TPSA) is 78.9 Å². The van der Waals surface area contributed by atoms with Gasteiger partial charge in [0.25, 0.3) is 0 Å². The molecule has 2 rings (SSSR count). The maximum atomic E-state index is 7.42. The van der Waals surface area contributed by atoms with Gasteiger partial charge in [-0.1, -0.05) is 13.3 Å². The van der Waals surface area contributed by atoms with E-state index in [1.807, 2.05) is 0 Å². The summed E-state index contributed by atoms with van der Waals surface area (Å²) in [5.41, 5.74) is 5.97. The van der Waals surface area contributed by atoms with Gasteiger partial charge in [0.2, 0.25) is 5.95 Å². The zero-order valence-electron chi connectivity index (χ0n) is 10.9. The highest BCUT2D eigenvalue weighted by molar-refractivity contribution is 5.93. The van der Waals surface area contributed by atoms with Gasteiger partial charge < -0.3 is 10.6 Å². The van der Waals surface area contributed by atoms with Crippen molar-refractivity contribution in [2.75, 3.05) is 18.0 Å². The van der Waals surface area contributed by atoms with Gasteiger partial charge in [-0.2, -0.15) is 0 Å². The Bertz CT molecular complexity index is 418. The molecule has 0 aliphatic carbocycles. The van der Waals surface area contributed by atoms with E-state index in [0.717, 1.165) is 19.0 Å². The third-order valence-electron chi connectivity index (χ3n) is 3.63. The van der Waals surface area contributed by atoms with Crippen molar-refractivity contribution in [2.45, 2.75) is 32.6 Å². The number of nitrogens with one attached hydrogen (secondary N) is 1. The molecule has 1 aliphatic heterocycles. The van der Waals surface area contributed by atoms with Gasteiger partial charge in [-0.25, -0.2) is 9.97 Å². The van der Waals surface area contributed by atoms with E-state index < -0.39 is 0 Å². The molecule has 3 N–H and O–H groups in total. The van der Waals surface area contributed by atoms with Crippen LogP contribution in [0.15, 0.2) is 12.3 Å². The van der Waals surface area contributed by atoms with Crippen molar-refractivity contribution in [1.82, 2.24) is 9.97 Å². The summed E-state index contributed by atoms with van der Waals surface area (Å²) in [5.74, 6) is 1.53. The van der Waals surface area contributed by atoms with E-state index in [2.05, 4.69) is 21.8 Å². The Morgan fingerprint density at radius 1 is 1.50 bits per heavy atom. The fourth-order valence-corrected chi connectivity index (χ4v) is 2.42. The fourth-order valence-electron chi connectivity index (χ4n) is 2.42. The summed E-state index contributed by atoms with van der Waals surface area (Å²) in [6.45, 7) is 4.25. The van der Waals surface area contributed by atoms with Gasteiger partial charge >= 0.3 is 0 Å².